The van der Waals surface area contributed by atoms with Crippen LogP contribution in [0, 0.1) is 0 Å². The molecule has 82 valence electrons. The van der Waals surface area contributed by atoms with E-state index >= 15 is 0 Å². The van der Waals surface area contributed by atoms with E-state index in [0.717, 1.165) is 15.5 Å². The van der Waals surface area contributed by atoms with E-state index in [1.165, 1.54) is 0 Å². The monoisotopic (exact) mass is 250 g/mol. The van der Waals surface area contributed by atoms with Gasteiger partial charge in [-0.05, 0) is 29.8 Å². The maximum atomic E-state index is 6.03. The van der Waals surface area contributed by atoms with Gasteiger partial charge in [-0.25, -0.2) is 4.98 Å². The summed E-state index contributed by atoms with van der Waals surface area (Å²) in [6.07, 6.45) is 1.74. The van der Waals surface area contributed by atoms with Crippen LogP contribution in [0.2, 0.25) is 5.02 Å². The zero-order valence-electron chi connectivity index (χ0n) is 8.56. The average Bonchev–Trinajstić information content (AvgIpc) is 2.33. The molecule has 1 heterocycles. The number of nitrogens with zero attached hydrogens (tertiary/aromatic N) is 1. The molecular formula is C12H11ClN2S. The van der Waals surface area contributed by atoms with E-state index in [0.29, 0.717) is 11.6 Å². The van der Waals surface area contributed by atoms with Gasteiger partial charge in [0, 0.05) is 17.6 Å². The number of halogens is 1. The first kappa shape index (κ1) is 11.5. The van der Waals surface area contributed by atoms with Crippen molar-refractivity contribution in [1.82, 2.24) is 4.98 Å². The van der Waals surface area contributed by atoms with Crippen molar-refractivity contribution >= 4 is 23.4 Å². The Balaban J connectivity index is 2.18. The van der Waals surface area contributed by atoms with Crippen LogP contribution < -0.4 is 5.73 Å². The SMILES string of the molecule is NCc1ccc(Sc2ncccc2Cl)cc1. The van der Waals surface area contributed by atoms with Crippen LogP contribution in [-0.4, -0.2) is 4.98 Å². The molecule has 0 radical (unpaired) electrons. The zero-order chi connectivity index (χ0) is 11.4. The summed E-state index contributed by atoms with van der Waals surface area (Å²) in [5.41, 5.74) is 6.66. The summed E-state index contributed by atoms with van der Waals surface area (Å²) in [6, 6.07) is 11.7. The molecule has 2 rings (SSSR count). The van der Waals surface area contributed by atoms with Gasteiger partial charge < -0.3 is 5.73 Å². The Bertz CT molecular complexity index is 471. The second-order valence-corrected chi connectivity index (χ2v) is 4.71. The zero-order valence-corrected chi connectivity index (χ0v) is 10.1. The van der Waals surface area contributed by atoms with Crippen LogP contribution in [0.5, 0.6) is 0 Å². The first-order valence-corrected chi connectivity index (χ1v) is 6.06. The summed E-state index contributed by atoms with van der Waals surface area (Å²) in [7, 11) is 0. The van der Waals surface area contributed by atoms with Crippen molar-refractivity contribution in [3.63, 3.8) is 0 Å². The van der Waals surface area contributed by atoms with Crippen molar-refractivity contribution in [2.45, 2.75) is 16.5 Å². The summed E-state index contributed by atoms with van der Waals surface area (Å²) in [5, 5.41) is 1.50. The molecule has 0 spiro atoms. The smallest absolute Gasteiger partial charge is 0.119 e. The first-order chi connectivity index (χ1) is 7.79. The molecule has 0 amide bonds. The summed E-state index contributed by atoms with van der Waals surface area (Å²) in [4.78, 5) is 5.33. The molecule has 0 aliphatic rings. The van der Waals surface area contributed by atoms with Crippen LogP contribution in [0.3, 0.4) is 0 Å². The molecule has 0 fully saturated rings. The quantitative estimate of drug-likeness (QED) is 0.908. The second-order valence-electron chi connectivity index (χ2n) is 3.24. The molecular weight excluding hydrogens is 240 g/mol. The van der Waals surface area contributed by atoms with Gasteiger partial charge in [0.05, 0.1) is 5.02 Å². The Kier molecular flexibility index (Phi) is 3.83. The third-order valence-corrected chi connectivity index (χ3v) is 3.54. The number of nitrogens with two attached hydrogens (primary N) is 1. The van der Waals surface area contributed by atoms with Crippen LogP contribution in [0.15, 0.2) is 52.5 Å². The second kappa shape index (κ2) is 5.34. The maximum absolute atomic E-state index is 6.03. The highest BCUT2D eigenvalue weighted by molar-refractivity contribution is 7.99. The minimum Gasteiger partial charge on any atom is -0.326 e. The Morgan fingerprint density at radius 2 is 1.94 bits per heavy atom. The number of pyridine rings is 1. The van der Waals surface area contributed by atoms with Crippen molar-refractivity contribution in [2.75, 3.05) is 0 Å². The van der Waals surface area contributed by atoms with Crippen molar-refractivity contribution in [2.24, 2.45) is 5.73 Å². The minimum atomic E-state index is 0.565. The van der Waals surface area contributed by atoms with E-state index in [4.69, 9.17) is 17.3 Å². The molecule has 2 nitrogen and oxygen atoms in total. The van der Waals surface area contributed by atoms with Gasteiger partial charge in [-0.2, -0.15) is 0 Å². The number of aromatic nitrogens is 1. The van der Waals surface area contributed by atoms with Gasteiger partial charge in [-0.1, -0.05) is 35.5 Å². The minimum absolute atomic E-state index is 0.565. The Labute approximate surface area is 104 Å². The van der Waals surface area contributed by atoms with Crippen LogP contribution in [0.4, 0.5) is 0 Å². The highest BCUT2D eigenvalue weighted by Crippen LogP contribution is 2.30. The lowest BCUT2D eigenvalue weighted by Crippen LogP contribution is -1.94. The number of rotatable bonds is 3. The molecule has 4 heteroatoms. The molecule has 0 saturated heterocycles. The highest BCUT2D eigenvalue weighted by Gasteiger charge is 2.02. The fourth-order valence-electron chi connectivity index (χ4n) is 1.25. The molecule has 16 heavy (non-hydrogen) atoms. The molecule has 0 unspecified atom stereocenters. The predicted molar refractivity (Wildman–Crippen MR) is 67.7 cm³/mol. The van der Waals surface area contributed by atoms with Crippen molar-refractivity contribution < 1.29 is 0 Å². The molecule has 0 atom stereocenters. The van der Waals surface area contributed by atoms with E-state index in [1.807, 2.05) is 36.4 Å². The van der Waals surface area contributed by atoms with Crippen molar-refractivity contribution in [3.8, 4) is 0 Å². The van der Waals surface area contributed by atoms with Gasteiger partial charge in [-0.3, -0.25) is 0 Å². The first-order valence-electron chi connectivity index (χ1n) is 4.87. The van der Waals surface area contributed by atoms with E-state index in [9.17, 15) is 0 Å². The maximum Gasteiger partial charge on any atom is 0.119 e. The lowest BCUT2D eigenvalue weighted by molar-refractivity contribution is 1.06. The average molecular weight is 251 g/mol. The van der Waals surface area contributed by atoms with E-state index in [-0.39, 0.29) is 0 Å². The van der Waals surface area contributed by atoms with E-state index in [2.05, 4.69) is 4.98 Å². The summed E-state index contributed by atoms with van der Waals surface area (Å²) in [6.45, 7) is 0.565. The molecule has 1 aromatic heterocycles. The van der Waals surface area contributed by atoms with Crippen LogP contribution in [0.1, 0.15) is 5.56 Å². The fraction of sp³-hybridized carbons (Fsp3) is 0.0833. The lowest BCUT2D eigenvalue weighted by Gasteiger charge is -2.03. The van der Waals surface area contributed by atoms with Crippen molar-refractivity contribution in [1.29, 1.82) is 0 Å². The predicted octanol–water partition coefficient (Wildman–Crippen LogP) is 3.34. The number of benzene rings is 1. The standard InChI is InChI=1S/C12H11ClN2S/c13-11-2-1-7-15-12(11)16-10-5-3-9(8-14)4-6-10/h1-7H,8,14H2. The third kappa shape index (κ3) is 2.76. The molecule has 0 bridgehead atoms. The number of hydrogen-bond donors (Lipinski definition) is 1. The van der Waals surface area contributed by atoms with Crippen LogP contribution >= 0.6 is 23.4 Å². The lowest BCUT2D eigenvalue weighted by atomic mass is 10.2. The molecule has 0 saturated carbocycles. The normalized spacial score (nSPS) is 10.4. The molecule has 2 N–H and O–H groups in total. The van der Waals surface area contributed by atoms with Gasteiger partial charge in [0.2, 0.25) is 0 Å². The van der Waals surface area contributed by atoms with Crippen LogP contribution in [-0.2, 0) is 6.54 Å². The van der Waals surface area contributed by atoms with E-state index < -0.39 is 0 Å². The summed E-state index contributed by atoms with van der Waals surface area (Å²) in [5.74, 6) is 0. The van der Waals surface area contributed by atoms with E-state index in [1.54, 1.807) is 18.0 Å². The highest BCUT2D eigenvalue weighted by atomic mass is 35.5. The summed E-state index contributed by atoms with van der Waals surface area (Å²) < 4.78 is 0. The molecule has 0 aliphatic carbocycles. The third-order valence-electron chi connectivity index (χ3n) is 2.10. The van der Waals surface area contributed by atoms with Crippen molar-refractivity contribution in [3.05, 3.63) is 53.2 Å². The number of hydrogen-bond acceptors (Lipinski definition) is 3. The Morgan fingerprint density at radius 1 is 1.19 bits per heavy atom. The van der Waals surface area contributed by atoms with Gasteiger partial charge in [0.1, 0.15) is 5.03 Å². The van der Waals surface area contributed by atoms with Crippen LogP contribution in [0.25, 0.3) is 0 Å². The molecule has 2 aromatic rings. The molecule has 1 aromatic carbocycles. The van der Waals surface area contributed by atoms with Gasteiger partial charge in [0.25, 0.3) is 0 Å². The van der Waals surface area contributed by atoms with Gasteiger partial charge in [-0.15, -0.1) is 0 Å². The molecule has 0 aliphatic heterocycles. The fourth-order valence-corrected chi connectivity index (χ4v) is 2.26. The summed E-state index contributed by atoms with van der Waals surface area (Å²) >= 11 is 7.58. The Morgan fingerprint density at radius 3 is 2.56 bits per heavy atom. The topological polar surface area (TPSA) is 38.9 Å². The van der Waals surface area contributed by atoms with Gasteiger partial charge >= 0.3 is 0 Å². The Hall–Kier alpha value is -1.03. The largest absolute Gasteiger partial charge is 0.326 e. The van der Waals surface area contributed by atoms with Gasteiger partial charge in [0.15, 0.2) is 0 Å².